The highest BCUT2D eigenvalue weighted by Crippen LogP contribution is 2.21. The van der Waals surface area contributed by atoms with E-state index in [1.165, 1.54) is 6.20 Å². The highest BCUT2D eigenvalue weighted by molar-refractivity contribution is 8.07. The van der Waals surface area contributed by atoms with Gasteiger partial charge in [-0.3, -0.25) is 14.5 Å². The van der Waals surface area contributed by atoms with Crippen molar-refractivity contribution in [3.63, 3.8) is 0 Å². The number of carbonyl (C=O) groups excluding carboxylic acids is 1. The first-order valence-electron chi connectivity index (χ1n) is 7.38. The Morgan fingerprint density at radius 1 is 1.27 bits per heavy atom. The minimum atomic E-state index is -4.15. The van der Waals surface area contributed by atoms with E-state index in [0.29, 0.717) is 5.69 Å². The van der Waals surface area contributed by atoms with E-state index in [1.807, 2.05) is 0 Å². The Kier molecular flexibility index (Phi) is 7.10. The second-order valence-electron chi connectivity index (χ2n) is 5.25. The molecule has 0 atom stereocenters. The molecule has 124 valence electrons. The Hall–Kier alpha value is -1.83. The van der Waals surface area contributed by atoms with Gasteiger partial charge < -0.3 is 10.6 Å². The molecule has 0 saturated carbocycles. The number of aromatic nitrogens is 1. The largest absolute Gasteiger partial charge is 0.383 e. The average molecular weight is 328 g/mol. The van der Waals surface area contributed by atoms with Gasteiger partial charge in [0.25, 0.3) is 0 Å². The molecule has 0 bridgehead atoms. The van der Waals surface area contributed by atoms with Crippen LogP contribution in [0.5, 0.6) is 0 Å². The van der Waals surface area contributed by atoms with Crippen molar-refractivity contribution in [3.8, 4) is 0 Å². The van der Waals surface area contributed by atoms with Crippen molar-refractivity contribution in [2.24, 2.45) is 0 Å². The zero-order valence-electron chi connectivity index (χ0n) is 13.2. The standard InChI is InChI=1S/C14H24N4O3S/c1-4-5-6-8-16-12-7-9-15-10-13(12)18-22(20,21)14(19)17-11(2)3/h7,9-11,18H,4-6,8H2,1-3H3,(H,15,16)(H,17,19). The zero-order valence-corrected chi connectivity index (χ0v) is 14.0. The van der Waals surface area contributed by atoms with Gasteiger partial charge in [0.05, 0.1) is 17.6 Å². The van der Waals surface area contributed by atoms with Crippen molar-refractivity contribution in [1.29, 1.82) is 0 Å². The van der Waals surface area contributed by atoms with E-state index in [2.05, 4.69) is 27.3 Å². The fraction of sp³-hybridized carbons (Fsp3) is 0.571. The molecule has 0 spiro atoms. The fourth-order valence-corrected chi connectivity index (χ4v) is 2.67. The van der Waals surface area contributed by atoms with Crippen LogP contribution in [0.15, 0.2) is 18.5 Å². The lowest BCUT2D eigenvalue weighted by Gasteiger charge is -2.14. The molecule has 0 fully saturated rings. The van der Waals surface area contributed by atoms with E-state index in [9.17, 15) is 13.2 Å². The molecule has 0 aromatic carbocycles. The van der Waals surface area contributed by atoms with E-state index in [4.69, 9.17) is 0 Å². The highest BCUT2D eigenvalue weighted by Gasteiger charge is 2.23. The molecule has 1 amide bonds. The predicted octanol–water partition coefficient (Wildman–Crippen LogP) is 2.54. The van der Waals surface area contributed by atoms with Crippen LogP contribution in [0.4, 0.5) is 16.2 Å². The molecular weight excluding hydrogens is 304 g/mol. The third-order valence-electron chi connectivity index (χ3n) is 2.81. The first-order valence-corrected chi connectivity index (χ1v) is 8.86. The van der Waals surface area contributed by atoms with Crippen LogP contribution in [-0.4, -0.2) is 31.2 Å². The third-order valence-corrected chi connectivity index (χ3v) is 3.91. The molecule has 0 radical (unpaired) electrons. The molecule has 8 heteroatoms. The minimum absolute atomic E-state index is 0.260. The summed E-state index contributed by atoms with van der Waals surface area (Å²) in [5.74, 6) is 0. The first kappa shape index (κ1) is 18.2. The molecule has 0 aliphatic carbocycles. The van der Waals surface area contributed by atoms with Gasteiger partial charge in [0, 0.05) is 18.8 Å². The Morgan fingerprint density at radius 3 is 2.64 bits per heavy atom. The summed E-state index contributed by atoms with van der Waals surface area (Å²) in [5.41, 5.74) is 0.866. The van der Waals surface area contributed by atoms with E-state index in [1.54, 1.807) is 26.1 Å². The summed E-state index contributed by atoms with van der Waals surface area (Å²) in [6.45, 7) is 6.22. The molecule has 1 aromatic heterocycles. The quantitative estimate of drug-likeness (QED) is 0.637. The molecule has 1 heterocycles. The van der Waals surface area contributed by atoms with Crippen LogP contribution < -0.4 is 15.4 Å². The van der Waals surface area contributed by atoms with Crippen molar-refractivity contribution in [1.82, 2.24) is 10.3 Å². The third kappa shape index (κ3) is 5.88. The van der Waals surface area contributed by atoms with Crippen molar-refractivity contribution >= 4 is 26.6 Å². The van der Waals surface area contributed by atoms with Crippen molar-refractivity contribution in [2.75, 3.05) is 16.6 Å². The zero-order chi connectivity index (χ0) is 16.6. The van der Waals surface area contributed by atoms with Crippen molar-refractivity contribution in [3.05, 3.63) is 18.5 Å². The van der Waals surface area contributed by atoms with E-state index in [0.717, 1.165) is 25.8 Å². The molecule has 1 aromatic rings. The number of hydrogen-bond donors (Lipinski definition) is 3. The summed E-state index contributed by atoms with van der Waals surface area (Å²) in [6.07, 6.45) is 6.12. The second-order valence-corrected chi connectivity index (χ2v) is 6.83. The molecule has 7 nitrogen and oxygen atoms in total. The summed E-state index contributed by atoms with van der Waals surface area (Å²) >= 11 is 0. The van der Waals surface area contributed by atoms with Gasteiger partial charge in [0.15, 0.2) is 0 Å². The lowest BCUT2D eigenvalue weighted by Crippen LogP contribution is -2.37. The second kappa shape index (κ2) is 8.57. The summed E-state index contributed by atoms with van der Waals surface area (Å²) in [6, 6.07) is 1.41. The Balaban J connectivity index is 2.78. The van der Waals surface area contributed by atoms with Gasteiger partial charge in [0.1, 0.15) is 0 Å². The number of unbranched alkanes of at least 4 members (excludes halogenated alkanes) is 2. The van der Waals surface area contributed by atoms with Gasteiger partial charge in [-0.05, 0) is 26.3 Å². The summed E-state index contributed by atoms with van der Waals surface area (Å²) in [4.78, 5) is 15.6. The number of carbonyl (C=O) groups is 1. The monoisotopic (exact) mass is 328 g/mol. The number of nitrogens with one attached hydrogen (secondary N) is 3. The molecule has 0 unspecified atom stereocenters. The molecule has 0 saturated heterocycles. The van der Waals surface area contributed by atoms with Crippen molar-refractivity contribution < 1.29 is 13.2 Å². The molecule has 0 aliphatic heterocycles. The average Bonchev–Trinajstić information content (AvgIpc) is 2.44. The smallest absolute Gasteiger partial charge is 0.357 e. The fourth-order valence-electron chi connectivity index (χ4n) is 1.73. The number of hydrogen-bond acceptors (Lipinski definition) is 5. The van der Waals surface area contributed by atoms with Gasteiger partial charge in [0.2, 0.25) is 0 Å². The van der Waals surface area contributed by atoms with Crippen LogP contribution in [0.2, 0.25) is 0 Å². The Morgan fingerprint density at radius 2 is 2.00 bits per heavy atom. The Bertz CT molecular complexity index is 588. The van der Waals surface area contributed by atoms with Crippen LogP contribution >= 0.6 is 0 Å². The maximum atomic E-state index is 12.0. The lowest BCUT2D eigenvalue weighted by molar-refractivity contribution is 0.256. The van der Waals surface area contributed by atoms with Gasteiger partial charge >= 0.3 is 15.3 Å². The topological polar surface area (TPSA) is 100 Å². The van der Waals surface area contributed by atoms with Crippen LogP contribution in [0.25, 0.3) is 0 Å². The van der Waals surface area contributed by atoms with Crippen LogP contribution in [-0.2, 0) is 10.0 Å². The van der Waals surface area contributed by atoms with Crippen LogP contribution in [0.3, 0.4) is 0 Å². The molecule has 3 N–H and O–H groups in total. The number of nitrogens with zero attached hydrogens (tertiary/aromatic N) is 1. The highest BCUT2D eigenvalue weighted by atomic mass is 32.2. The van der Waals surface area contributed by atoms with Crippen LogP contribution in [0, 0.1) is 0 Å². The van der Waals surface area contributed by atoms with E-state index < -0.39 is 15.3 Å². The van der Waals surface area contributed by atoms with Gasteiger partial charge in [-0.25, -0.2) is 0 Å². The van der Waals surface area contributed by atoms with Crippen molar-refractivity contribution in [2.45, 2.75) is 46.1 Å². The Labute approximate surface area is 132 Å². The first-order chi connectivity index (χ1) is 10.4. The summed E-state index contributed by atoms with van der Waals surface area (Å²) < 4.78 is 26.2. The molecule has 0 aliphatic rings. The lowest BCUT2D eigenvalue weighted by atomic mass is 10.2. The van der Waals surface area contributed by atoms with Gasteiger partial charge in [-0.15, -0.1) is 0 Å². The number of pyridine rings is 1. The van der Waals surface area contributed by atoms with E-state index >= 15 is 0 Å². The molecule has 22 heavy (non-hydrogen) atoms. The number of anilines is 2. The SMILES string of the molecule is CCCCCNc1ccncc1NS(=O)(=O)C(=O)NC(C)C. The summed E-state index contributed by atoms with van der Waals surface area (Å²) in [5, 5.41) is 4.45. The minimum Gasteiger partial charge on any atom is -0.383 e. The number of rotatable bonds is 8. The van der Waals surface area contributed by atoms with Gasteiger partial charge in [-0.2, -0.15) is 8.42 Å². The van der Waals surface area contributed by atoms with E-state index in [-0.39, 0.29) is 11.7 Å². The molecule has 1 rings (SSSR count). The number of amides is 1. The summed E-state index contributed by atoms with van der Waals surface area (Å²) in [7, 11) is -4.15. The maximum absolute atomic E-state index is 12.0. The predicted molar refractivity (Wildman–Crippen MR) is 88.5 cm³/mol. The maximum Gasteiger partial charge on any atom is 0.357 e. The van der Waals surface area contributed by atoms with Gasteiger partial charge in [-0.1, -0.05) is 19.8 Å². The number of sulfonamides is 1. The molecular formula is C14H24N4O3S. The van der Waals surface area contributed by atoms with Crippen LogP contribution in [0.1, 0.15) is 40.0 Å². The normalized spacial score (nSPS) is 11.3.